The van der Waals surface area contributed by atoms with Crippen molar-refractivity contribution in [3.05, 3.63) is 89.4 Å². The Labute approximate surface area is 244 Å². The molecule has 2 aliphatic rings. The molecular formula is C28H24N2O7S3. The maximum absolute atomic E-state index is 13.7. The number of aryl methyl sites for hydroxylation is 1. The van der Waals surface area contributed by atoms with Crippen molar-refractivity contribution < 1.29 is 28.8 Å². The highest BCUT2D eigenvalue weighted by Crippen LogP contribution is 2.56. The van der Waals surface area contributed by atoms with Crippen LogP contribution in [0.25, 0.3) is 11.6 Å². The van der Waals surface area contributed by atoms with Gasteiger partial charge in [0.1, 0.15) is 9.81 Å². The Hall–Kier alpha value is -3.74. The first-order chi connectivity index (χ1) is 18.9. The Morgan fingerprint density at radius 1 is 1.00 bits per heavy atom. The van der Waals surface area contributed by atoms with E-state index in [0.29, 0.717) is 31.5 Å². The van der Waals surface area contributed by atoms with Crippen molar-refractivity contribution in [3.8, 4) is 0 Å². The lowest BCUT2D eigenvalue weighted by Gasteiger charge is -2.45. The van der Waals surface area contributed by atoms with Gasteiger partial charge in [0.2, 0.25) is 0 Å². The number of methoxy groups -OCH3 is 2. The largest absolute Gasteiger partial charge is 0.465 e. The van der Waals surface area contributed by atoms with E-state index >= 15 is 0 Å². The Morgan fingerprint density at radius 2 is 1.57 bits per heavy atom. The molecule has 1 amide bonds. The molecule has 206 valence electrons. The molecule has 2 aromatic carbocycles. The SMILES string of the molecule is COC(=O)C1=C(C(=O)OC)SC(=C2C(=S)C(C)(C)N(C(=O)C=Cc3ccc([N+](=O)[O-])cc3)c3cc(C)ccc32)S1. The summed E-state index contributed by atoms with van der Waals surface area (Å²) < 4.78 is 10.4. The quantitative estimate of drug-likeness (QED) is 0.137. The van der Waals surface area contributed by atoms with Crippen molar-refractivity contribution in [1.29, 1.82) is 0 Å². The van der Waals surface area contributed by atoms with Crippen LogP contribution in [0.4, 0.5) is 11.4 Å². The van der Waals surface area contributed by atoms with Crippen LogP contribution in [0.5, 0.6) is 0 Å². The van der Waals surface area contributed by atoms with E-state index in [-0.39, 0.29) is 21.4 Å². The zero-order valence-corrected chi connectivity index (χ0v) is 24.6. The number of benzene rings is 2. The minimum atomic E-state index is -0.976. The first-order valence-corrected chi connectivity index (χ1v) is 13.9. The van der Waals surface area contributed by atoms with E-state index in [9.17, 15) is 24.5 Å². The van der Waals surface area contributed by atoms with Crippen LogP contribution in [0.1, 0.15) is 30.5 Å². The molecule has 4 rings (SSSR count). The number of rotatable bonds is 5. The lowest BCUT2D eigenvalue weighted by Crippen LogP contribution is -2.55. The fourth-order valence-electron chi connectivity index (χ4n) is 4.27. The summed E-state index contributed by atoms with van der Waals surface area (Å²) in [5.41, 5.74) is 2.46. The van der Waals surface area contributed by atoms with E-state index in [1.165, 1.54) is 32.4 Å². The number of thioether (sulfide) groups is 2. The molecule has 0 saturated heterocycles. The molecule has 0 radical (unpaired) electrons. The minimum absolute atomic E-state index is 0.0428. The van der Waals surface area contributed by atoms with Crippen LogP contribution in [0.2, 0.25) is 0 Å². The molecule has 0 N–H and O–H groups in total. The molecule has 12 heteroatoms. The molecule has 0 saturated carbocycles. The van der Waals surface area contributed by atoms with Crippen molar-refractivity contribution in [2.45, 2.75) is 26.3 Å². The Kier molecular flexibility index (Phi) is 8.33. The second-order valence-electron chi connectivity index (χ2n) is 9.27. The Bertz CT molecular complexity index is 1530. The number of nitro benzene ring substituents is 1. The third-order valence-corrected chi connectivity index (χ3v) is 9.55. The highest BCUT2D eigenvalue weighted by atomic mass is 32.2. The zero-order chi connectivity index (χ0) is 29.4. The van der Waals surface area contributed by atoms with Gasteiger partial charge in [-0.25, -0.2) is 9.59 Å². The predicted octanol–water partition coefficient (Wildman–Crippen LogP) is 5.82. The van der Waals surface area contributed by atoms with Gasteiger partial charge in [-0.1, -0.05) is 47.9 Å². The zero-order valence-electron chi connectivity index (χ0n) is 22.2. The van der Waals surface area contributed by atoms with Crippen LogP contribution < -0.4 is 4.90 Å². The molecule has 0 aliphatic carbocycles. The standard InChI is InChI=1S/C28H24N2O7S3/c1-15-6-12-18-19(14-15)29(20(31)13-9-16-7-10-17(11-8-16)30(34)35)28(2,3)24(38)21(18)27-39-22(25(32)36-4)23(40-27)26(33)37-5/h6-14H,1-5H3. The second kappa shape index (κ2) is 11.4. The number of nitro groups is 1. The number of nitrogens with zero attached hydrogens (tertiary/aromatic N) is 2. The van der Waals surface area contributed by atoms with E-state index in [2.05, 4.69) is 0 Å². The monoisotopic (exact) mass is 596 g/mol. The van der Waals surface area contributed by atoms with Crippen LogP contribution in [-0.2, 0) is 23.9 Å². The van der Waals surface area contributed by atoms with Crippen molar-refractivity contribution in [1.82, 2.24) is 0 Å². The van der Waals surface area contributed by atoms with E-state index in [1.54, 1.807) is 23.1 Å². The van der Waals surface area contributed by atoms with Crippen molar-refractivity contribution in [2.75, 3.05) is 19.1 Å². The van der Waals surface area contributed by atoms with Gasteiger partial charge in [0.15, 0.2) is 0 Å². The molecule has 2 aromatic rings. The average molecular weight is 597 g/mol. The summed E-state index contributed by atoms with van der Waals surface area (Å²) in [6, 6.07) is 11.5. The normalized spacial score (nSPS) is 16.3. The van der Waals surface area contributed by atoms with Crippen LogP contribution in [-0.4, -0.2) is 47.4 Å². The number of non-ortho nitro benzene ring substituents is 1. The predicted molar refractivity (Wildman–Crippen MR) is 161 cm³/mol. The van der Waals surface area contributed by atoms with Gasteiger partial charge < -0.3 is 9.47 Å². The fraction of sp³-hybridized carbons (Fsp3) is 0.214. The van der Waals surface area contributed by atoms with Gasteiger partial charge >= 0.3 is 11.9 Å². The number of carbonyl (C=O) groups is 3. The topological polar surface area (TPSA) is 116 Å². The van der Waals surface area contributed by atoms with Gasteiger partial charge in [0, 0.05) is 29.3 Å². The lowest BCUT2D eigenvalue weighted by molar-refractivity contribution is -0.384. The summed E-state index contributed by atoms with van der Waals surface area (Å²) in [6.45, 7) is 5.58. The van der Waals surface area contributed by atoms with Crippen molar-refractivity contribution >= 4 is 81.5 Å². The van der Waals surface area contributed by atoms with Crippen molar-refractivity contribution in [3.63, 3.8) is 0 Å². The highest BCUT2D eigenvalue weighted by molar-refractivity contribution is 8.29. The summed E-state index contributed by atoms with van der Waals surface area (Å²) in [5, 5.41) is 10.9. The molecule has 0 bridgehead atoms. The molecule has 0 fully saturated rings. The number of carbonyl (C=O) groups excluding carboxylic acids is 3. The van der Waals surface area contributed by atoms with Gasteiger partial charge in [-0.15, -0.1) is 0 Å². The number of esters is 2. The van der Waals surface area contributed by atoms with Gasteiger partial charge in [-0.05, 0) is 56.2 Å². The molecule has 40 heavy (non-hydrogen) atoms. The van der Waals surface area contributed by atoms with Gasteiger partial charge in [-0.3, -0.25) is 19.8 Å². The van der Waals surface area contributed by atoms with Crippen LogP contribution in [0.15, 0.2) is 62.6 Å². The Morgan fingerprint density at radius 3 is 2.10 bits per heavy atom. The van der Waals surface area contributed by atoms with Crippen LogP contribution in [0, 0.1) is 17.0 Å². The summed E-state index contributed by atoms with van der Waals surface area (Å²) in [4.78, 5) is 51.4. The first kappa shape index (κ1) is 29.2. The van der Waals surface area contributed by atoms with E-state index in [0.717, 1.165) is 29.1 Å². The number of fused-ring (bicyclic) bond motifs is 1. The maximum atomic E-state index is 13.7. The van der Waals surface area contributed by atoms with Crippen molar-refractivity contribution in [2.24, 2.45) is 0 Å². The number of anilines is 1. The lowest BCUT2D eigenvalue weighted by atomic mass is 9.83. The van der Waals surface area contributed by atoms with E-state index in [4.69, 9.17) is 21.7 Å². The second-order valence-corrected chi connectivity index (χ2v) is 12.0. The number of amides is 1. The van der Waals surface area contributed by atoms with Crippen LogP contribution in [0.3, 0.4) is 0 Å². The number of hydrogen-bond donors (Lipinski definition) is 0. The molecule has 9 nitrogen and oxygen atoms in total. The molecular weight excluding hydrogens is 573 g/mol. The number of hydrogen-bond acceptors (Lipinski definition) is 10. The molecule has 2 heterocycles. The molecule has 0 unspecified atom stereocenters. The molecule has 0 atom stereocenters. The first-order valence-electron chi connectivity index (χ1n) is 11.8. The number of thiocarbonyl (C=S) groups is 1. The smallest absolute Gasteiger partial charge is 0.346 e. The Balaban J connectivity index is 1.79. The van der Waals surface area contributed by atoms with Gasteiger partial charge in [0.05, 0.1) is 39.5 Å². The van der Waals surface area contributed by atoms with E-state index in [1.807, 2.05) is 39.0 Å². The molecule has 0 aromatic heterocycles. The fourth-order valence-corrected chi connectivity index (χ4v) is 7.30. The summed E-state index contributed by atoms with van der Waals surface area (Å²) in [6.07, 6.45) is 2.99. The third-order valence-electron chi connectivity index (χ3n) is 6.29. The van der Waals surface area contributed by atoms with Gasteiger partial charge in [-0.2, -0.15) is 0 Å². The minimum Gasteiger partial charge on any atom is -0.465 e. The third kappa shape index (κ3) is 5.34. The van der Waals surface area contributed by atoms with Gasteiger partial charge in [0.25, 0.3) is 11.6 Å². The summed E-state index contributed by atoms with van der Waals surface area (Å²) in [5.74, 6) is -1.66. The molecule has 0 spiro atoms. The number of ether oxygens (including phenoxy) is 2. The summed E-state index contributed by atoms with van der Waals surface area (Å²) in [7, 11) is 2.47. The highest BCUT2D eigenvalue weighted by Gasteiger charge is 2.45. The summed E-state index contributed by atoms with van der Waals surface area (Å²) >= 11 is 8.15. The van der Waals surface area contributed by atoms with E-state index < -0.39 is 22.4 Å². The van der Waals surface area contributed by atoms with Crippen LogP contribution >= 0.6 is 35.7 Å². The average Bonchev–Trinajstić information content (AvgIpc) is 3.37. The molecule has 2 aliphatic heterocycles. The maximum Gasteiger partial charge on any atom is 0.346 e.